The lowest BCUT2D eigenvalue weighted by molar-refractivity contribution is 0.534. The molecule has 0 nitrogen and oxygen atoms in total. The average Bonchev–Trinajstić information content (AvgIpc) is 2.40. The molecule has 0 aliphatic heterocycles. The van der Waals surface area contributed by atoms with Gasteiger partial charge in [-0.15, -0.1) is 0 Å². The quantitative estimate of drug-likeness (QED) is 0.291. The van der Waals surface area contributed by atoms with Crippen molar-refractivity contribution >= 4 is 0 Å². The van der Waals surface area contributed by atoms with Gasteiger partial charge in [-0.3, -0.25) is 0 Å². The maximum absolute atomic E-state index is 8.01. The van der Waals surface area contributed by atoms with E-state index in [1.165, 1.54) is 51.4 Å². The lowest BCUT2D eigenvalue weighted by atomic mass is 10.0. The fourth-order valence-electron chi connectivity index (χ4n) is 2.11. The standard InChI is InChI=1S/C17H36/c1-3-5-7-9-11-13-15-17-16-14-12-10-8-6-4-2/h3-17H2,1-2H3/i9D,17D. The summed E-state index contributed by atoms with van der Waals surface area (Å²) in [5.41, 5.74) is 0. The van der Waals surface area contributed by atoms with Crippen molar-refractivity contribution in [2.45, 2.75) is 110 Å². The maximum Gasteiger partial charge on any atom is 0.0267 e. The molecule has 0 aromatic heterocycles. The molecule has 0 rings (SSSR count). The SMILES string of the molecule is [2H]C(CCCC)CCCC([2H])CCCCCCCC. The Morgan fingerprint density at radius 3 is 1.29 bits per heavy atom. The molecule has 104 valence electrons. The lowest BCUT2D eigenvalue weighted by Crippen LogP contribution is -1.82. The molecule has 0 aliphatic carbocycles. The molecule has 0 aromatic carbocycles. The number of hydrogen-bond acceptors (Lipinski definition) is 0. The van der Waals surface area contributed by atoms with Crippen molar-refractivity contribution in [1.29, 1.82) is 0 Å². The van der Waals surface area contributed by atoms with Gasteiger partial charge >= 0.3 is 0 Å². The molecule has 2 unspecified atom stereocenters. The summed E-state index contributed by atoms with van der Waals surface area (Å²) in [6, 6.07) is 0. The van der Waals surface area contributed by atoms with Crippen LogP contribution in [0, 0.1) is 0 Å². The predicted octanol–water partition coefficient (Wildman–Crippen LogP) is 6.88. The van der Waals surface area contributed by atoms with Crippen LogP contribution in [-0.2, 0) is 0 Å². The van der Waals surface area contributed by atoms with E-state index in [0.29, 0.717) is 0 Å². The van der Waals surface area contributed by atoms with Crippen molar-refractivity contribution in [3.63, 3.8) is 0 Å². The van der Waals surface area contributed by atoms with E-state index in [0.717, 1.165) is 32.1 Å². The minimum absolute atomic E-state index is 0.126. The summed E-state index contributed by atoms with van der Waals surface area (Å²) in [4.78, 5) is 0. The molecular weight excluding hydrogens is 204 g/mol. The summed E-state index contributed by atoms with van der Waals surface area (Å²) < 4.78 is 15.9. The van der Waals surface area contributed by atoms with Gasteiger partial charge in [0.05, 0.1) is 0 Å². The summed E-state index contributed by atoms with van der Waals surface area (Å²) in [5, 5.41) is 0. The molecule has 2 atom stereocenters. The summed E-state index contributed by atoms with van der Waals surface area (Å²) in [6.45, 7) is 4.44. The Morgan fingerprint density at radius 2 is 0.765 bits per heavy atom. The van der Waals surface area contributed by atoms with Crippen LogP contribution >= 0.6 is 0 Å². The Kier molecular flexibility index (Phi) is 12.6. The van der Waals surface area contributed by atoms with Gasteiger partial charge in [0.1, 0.15) is 0 Å². The molecule has 17 heavy (non-hydrogen) atoms. The first-order valence-electron chi connectivity index (χ1n) is 9.20. The zero-order chi connectivity index (χ0) is 14.3. The van der Waals surface area contributed by atoms with E-state index in [4.69, 9.17) is 2.74 Å². The second-order valence-electron chi connectivity index (χ2n) is 5.21. The molecule has 0 fully saturated rings. The first-order valence-corrected chi connectivity index (χ1v) is 8.05. The highest BCUT2D eigenvalue weighted by Gasteiger charge is 1.93. The van der Waals surface area contributed by atoms with Crippen LogP contribution in [-0.4, -0.2) is 0 Å². The first kappa shape index (κ1) is 13.4. The van der Waals surface area contributed by atoms with Crippen molar-refractivity contribution in [2.24, 2.45) is 0 Å². The zero-order valence-electron chi connectivity index (χ0n) is 14.3. The molecule has 0 saturated heterocycles. The molecule has 0 bridgehead atoms. The molecule has 0 spiro atoms. The van der Waals surface area contributed by atoms with E-state index in [-0.39, 0.29) is 12.8 Å². The molecule has 0 saturated carbocycles. The third-order valence-electron chi connectivity index (χ3n) is 3.34. The molecular formula is C17H36. The fraction of sp³-hybridized carbons (Fsp3) is 1.00. The second-order valence-corrected chi connectivity index (χ2v) is 5.21. The third kappa shape index (κ3) is 16.0. The fourth-order valence-corrected chi connectivity index (χ4v) is 2.11. The summed E-state index contributed by atoms with van der Waals surface area (Å²) in [7, 11) is 0. The van der Waals surface area contributed by atoms with Gasteiger partial charge in [-0.2, -0.15) is 0 Å². The third-order valence-corrected chi connectivity index (χ3v) is 3.34. The van der Waals surface area contributed by atoms with E-state index in [2.05, 4.69) is 13.8 Å². The number of rotatable bonds is 14. The van der Waals surface area contributed by atoms with Crippen LogP contribution in [0.2, 0.25) is 0 Å². The number of hydrogen-bond donors (Lipinski definition) is 0. The first-order chi connectivity index (χ1) is 9.20. The Labute approximate surface area is 113 Å². The second kappa shape index (κ2) is 16.0. The summed E-state index contributed by atoms with van der Waals surface area (Å²) >= 11 is 0. The molecule has 0 N–H and O–H groups in total. The largest absolute Gasteiger partial charge is 0.0654 e. The van der Waals surface area contributed by atoms with Gasteiger partial charge in [-0.05, 0) is 0 Å². The van der Waals surface area contributed by atoms with Gasteiger partial charge in [0.25, 0.3) is 0 Å². The molecule has 0 aliphatic rings. The van der Waals surface area contributed by atoms with Gasteiger partial charge in [-0.25, -0.2) is 0 Å². The van der Waals surface area contributed by atoms with Crippen molar-refractivity contribution < 1.29 is 2.74 Å². The minimum atomic E-state index is 0.126. The Hall–Kier alpha value is 0. The van der Waals surface area contributed by atoms with Gasteiger partial charge in [0.15, 0.2) is 0 Å². The highest BCUT2D eigenvalue weighted by atomic mass is 14.0. The van der Waals surface area contributed by atoms with Crippen LogP contribution in [0.25, 0.3) is 0 Å². The highest BCUT2D eigenvalue weighted by Crippen LogP contribution is 2.13. The van der Waals surface area contributed by atoms with E-state index in [1.807, 2.05) is 0 Å². The van der Waals surface area contributed by atoms with Gasteiger partial charge in [0.2, 0.25) is 0 Å². The van der Waals surface area contributed by atoms with Gasteiger partial charge in [0, 0.05) is 2.74 Å². The molecule has 0 radical (unpaired) electrons. The van der Waals surface area contributed by atoms with Crippen LogP contribution in [0.1, 0.15) is 113 Å². The van der Waals surface area contributed by atoms with E-state index in [1.54, 1.807) is 0 Å². The topological polar surface area (TPSA) is 0 Å². The molecule has 0 aromatic rings. The summed E-state index contributed by atoms with van der Waals surface area (Å²) in [6.07, 6.45) is 15.8. The Balaban J connectivity index is 3.27. The van der Waals surface area contributed by atoms with Gasteiger partial charge in [-0.1, -0.05) is 110 Å². The monoisotopic (exact) mass is 242 g/mol. The van der Waals surface area contributed by atoms with Crippen LogP contribution in [0.15, 0.2) is 0 Å². The minimum Gasteiger partial charge on any atom is -0.0654 e. The van der Waals surface area contributed by atoms with Crippen LogP contribution < -0.4 is 0 Å². The van der Waals surface area contributed by atoms with Crippen molar-refractivity contribution in [3.05, 3.63) is 0 Å². The van der Waals surface area contributed by atoms with Crippen molar-refractivity contribution in [3.8, 4) is 0 Å². The molecule has 0 heteroatoms. The Bertz CT molecular complexity index is 171. The van der Waals surface area contributed by atoms with Crippen LogP contribution in [0.4, 0.5) is 0 Å². The van der Waals surface area contributed by atoms with E-state index < -0.39 is 0 Å². The van der Waals surface area contributed by atoms with Crippen LogP contribution in [0.3, 0.4) is 0 Å². The van der Waals surface area contributed by atoms with Gasteiger partial charge < -0.3 is 0 Å². The van der Waals surface area contributed by atoms with Crippen molar-refractivity contribution in [1.82, 2.24) is 0 Å². The Morgan fingerprint density at radius 1 is 0.471 bits per heavy atom. The molecule has 0 heterocycles. The average molecular weight is 242 g/mol. The maximum atomic E-state index is 8.01. The molecule has 0 amide bonds. The number of unbranched alkanes of at least 4 members (excludes halogenated alkanes) is 6. The lowest BCUT2D eigenvalue weighted by Gasteiger charge is -2.02. The zero-order valence-corrected chi connectivity index (χ0v) is 12.3. The van der Waals surface area contributed by atoms with Crippen LogP contribution in [0.5, 0.6) is 0 Å². The smallest absolute Gasteiger partial charge is 0.0267 e. The van der Waals surface area contributed by atoms with E-state index in [9.17, 15) is 0 Å². The summed E-state index contributed by atoms with van der Waals surface area (Å²) in [5.74, 6) is 0. The highest BCUT2D eigenvalue weighted by molar-refractivity contribution is 4.48. The van der Waals surface area contributed by atoms with E-state index >= 15 is 0 Å². The van der Waals surface area contributed by atoms with Crippen molar-refractivity contribution in [2.75, 3.05) is 0 Å². The normalized spacial score (nSPS) is 16.4. The predicted molar refractivity (Wildman–Crippen MR) is 80.6 cm³/mol.